The summed E-state index contributed by atoms with van der Waals surface area (Å²) in [5, 5.41) is 26.1. The number of carbonyl (C=O) groups is 3. The van der Waals surface area contributed by atoms with Crippen LogP contribution in [0.15, 0.2) is 42.5 Å². The van der Waals surface area contributed by atoms with Crippen LogP contribution in [0.5, 0.6) is 11.5 Å². The summed E-state index contributed by atoms with van der Waals surface area (Å²) in [5.74, 6) is -2.78. The quantitative estimate of drug-likeness (QED) is 0.308. The number of rotatable bonds is 3. The third-order valence-electron chi connectivity index (χ3n) is 8.34. The van der Waals surface area contributed by atoms with Crippen molar-refractivity contribution in [3.63, 3.8) is 0 Å². The zero-order chi connectivity index (χ0) is 24.3. The molecule has 2 saturated heterocycles. The molecule has 1 saturated carbocycles. The molecule has 8 nitrogen and oxygen atoms in total. The maximum atomic E-state index is 14.0. The summed E-state index contributed by atoms with van der Waals surface area (Å²) in [6, 6.07) is 11.3. The van der Waals surface area contributed by atoms with Crippen LogP contribution in [0.25, 0.3) is 0 Å². The molecule has 182 valence electrons. The number of fused-ring (bicyclic) bond motifs is 4. The number of phenols is 2. The van der Waals surface area contributed by atoms with Crippen molar-refractivity contribution in [3.8, 4) is 11.5 Å². The number of amides is 3. The molecule has 1 aliphatic carbocycles. The van der Waals surface area contributed by atoms with Gasteiger partial charge in [0, 0.05) is 23.3 Å². The van der Waals surface area contributed by atoms with Crippen molar-refractivity contribution in [2.24, 2.45) is 11.8 Å². The van der Waals surface area contributed by atoms with Crippen molar-refractivity contribution in [2.45, 2.75) is 62.6 Å². The van der Waals surface area contributed by atoms with Gasteiger partial charge in [-0.2, -0.15) is 0 Å². The summed E-state index contributed by atoms with van der Waals surface area (Å²) in [7, 11) is 0. The Morgan fingerprint density at radius 2 is 1.66 bits per heavy atom. The van der Waals surface area contributed by atoms with Crippen LogP contribution in [0.2, 0.25) is 0 Å². The first-order valence-corrected chi connectivity index (χ1v) is 12.5. The van der Waals surface area contributed by atoms with Crippen molar-refractivity contribution in [1.82, 2.24) is 10.2 Å². The summed E-state index contributed by atoms with van der Waals surface area (Å²) in [5.41, 5.74) is 0.727. The summed E-state index contributed by atoms with van der Waals surface area (Å²) in [6.07, 6.45) is 6.11. The van der Waals surface area contributed by atoms with Gasteiger partial charge in [0.05, 0.1) is 11.8 Å². The van der Waals surface area contributed by atoms with Crippen LogP contribution >= 0.6 is 0 Å². The van der Waals surface area contributed by atoms with Gasteiger partial charge in [0.2, 0.25) is 17.7 Å². The number of benzene rings is 2. The number of carbonyl (C=O) groups excluding carboxylic acids is 3. The molecule has 3 aliphatic heterocycles. The number of hydrogen-bond donors (Lipinski definition) is 4. The van der Waals surface area contributed by atoms with Crippen LogP contribution in [0.4, 0.5) is 5.69 Å². The average Bonchev–Trinajstić information content (AvgIpc) is 3.30. The van der Waals surface area contributed by atoms with Crippen LogP contribution < -0.4 is 10.6 Å². The van der Waals surface area contributed by atoms with E-state index in [9.17, 15) is 24.6 Å². The molecular weight excluding hydrogens is 446 g/mol. The largest absolute Gasteiger partial charge is 0.504 e. The molecule has 0 unspecified atom stereocenters. The van der Waals surface area contributed by atoms with Gasteiger partial charge < -0.3 is 15.5 Å². The van der Waals surface area contributed by atoms with Crippen molar-refractivity contribution < 1.29 is 24.6 Å². The molecule has 1 spiro atoms. The fourth-order valence-electron chi connectivity index (χ4n) is 6.78. The highest BCUT2D eigenvalue weighted by Crippen LogP contribution is 2.54. The Balaban J connectivity index is 1.44. The lowest BCUT2D eigenvalue weighted by molar-refractivity contribution is -0.145. The number of likely N-dealkylation sites (tertiary alicyclic amines) is 1. The first-order chi connectivity index (χ1) is 16.9. The Labute approximate surface area is 203 Å². The predicted octanol–water partition coefficient (Wildman–Crippen LogP) is 2.78. The Morgan fingerprint density at radius 3 is 2.40 bits per heavy atom. The summed E-state index contributed by atoms with van der Waals surface area (Å²) >= 11 is 0. The van der Waals surface area contributed by atoms with E-state index in [-0.39, 0.29) is 35.3 Å². The molecule has 6 rings (SSSR count). The lowest BCUT2D eigenvalue weighted by atomic mass is 9.76. The van der Waals surface area contributed by atoms with Gasteiger partial charge in [-0.1, -0.05) is 49.9 Å². The lowest BCUT2D eigenvalue weighted by Crippen LogP contribution is -2.54. The molecule has 0 radical (unpaired) electrons. The van der Waals surface area contributed by atoms with Gasteiger partial charge >= 0.3 is 0 Å². The van der Waals surface area contributed by atoms with Crippen molar-refractivity contribution in [1.29, 1.82) is 0 Å². The zero-order valence-electron chi connectivity index (χ0n) is 19.4. The molecule has 2 aromatic carbocycles. The van der Waals surface area contributed by atoms with Gasteiger partial charge in [0.1, 0.15) is 5.54 Å². The Morgan fingerprint density at radius 1 is 0.914 bits per heavy atom. The number of hydrogen-bond acceptors (Lipinski definition) is 6. The minimum Gasteiger partial charge on any atom is -0.504 e. The Hall–Kier alpha value is -3.39. The maximum Gasteiger partial charge on any atom is 0.250 e. The van der Waals surface area contributed by atoms with E-state index in [4.69, 9.17) is 0 Å². The molecule has 3 amide bonds. The van der Waals surface area contributed by atoms with E-state index in [1.807, 2.05) is 24.3 Å². The van der Waals surface area contributed by atoms with Crippen LogP contribution in [0.1, 0.15) is 49.7 Å². The average molecular weight is 476 g/mol. The van der Waals surface area contributed by atoms with Crippen LogP contribution in [-0.4, -0.2) is 44.9 Å². The van der Waals surface area contributed by atoms with Gasteiger partial charge in [-0.15, -0.1) is 0 Å². The van der Waals surface area contributed by atoms with E-state index < -0.39 is 23.4 Å². The molecule has 8 heteroatoms. The van der Waals surface area contributed by atoms with E-state index in [0.717, 1.165) is 38.5 Å². The molecule has 4 N–H and O–H groups in total. The minimum absolute atomic E-state index is 0.127. The van der Waals surface area contributed by atoms with Gasteiger partial charge in [0.25, 0.3) is 0 Å². The topological polar surface area (TPSA) is 119 Å². The molecule has 0 aromatic heterocycles. The van der Waals surface area contributed by atoms with Crippen molar-refractivity contribution in [2.75, 3.05) is 5.32 Å². The standard InChI is InChI=1S/C27H29N3O5/c31-20-12-11-15(14-21(20)32)13-19-22-23(25(34)30(24(22)33)16-7-3-1-2-4-8-16)27(29-19)17-9-5-6-10-18(17)28-26(27)35/h5-6,9-12,14,16,19,22-23,29,31-32H,1-4,7-8,13H2,(H,28,35)/t19-,22-,23+,27+/m1/s1. The van der Waals surface area contributed by atoms with Gasteiger partial charge in [0.15, 0.2) is 11.5 Å². The smallest absolute Gasteiger partial charge is 0.250 e. The molecule has 4 aliphatic rings. The van der Waals surface area contributed by atoms with Gasteiger partial charge in [-0.25, -0.2) is 0 Å². The number of para-hydroxylation sites is 1. The maximum absolute atomic E-state index is 14.0. The number of nitrogens with one attached hydrogen (secondary N) is 2. The van der Waals surface area contributed by atoms with Crippen molar-refractivity contribution in [3.05, 3.63) is 53.6 Å². The molecule has 3 heterocycles. The number of anilines is 1. The third kappa shape index (κ3) is 3.19. The monoisotopic (exact) mass is 475 g/mol. The van der Waals surface area contributed by atoms with E-state index >= 15 is 0 Å². The first-order valence-electron chi connectivity index (χ1n) is 12.5. The molecular formula is C27H29N3O5. The SMILES string of the molecule is O=C1[C@H]2[C@@H](C(=O)N1C1CCCCCC1)[C@]1(N[C@@H]2Cc2ccc(O)c(O)c2)C(=O)Nc2ccccc21. The van der Waals surface area contributed by atoms with E-state index in [1.54, 1.807) is 6.07 Å². The van der Waals surface area contributed by atoms with Gasteiger partial charge in [-0.05, 0) is 43.0 Å². The number of phenolic OH excluding ortho intramolecular Hbond substituents is 2. The summed E-state index contributed by atoms with van der Waals surface area (Å²) in [6.45, 7) is 0. The second kappa shape index (κ2) is 8.09. The highest BCUT2D eigenvalue weighted by molar-refractivity contribution is 6.15. The summed E-state index contributed by atoms with van der Waals surface area (Å²) < 4.78 is 0. The van der Waals surface area contributed by atoms with E-state index in [1.165, 1.54) is 17.0 Å². The molecule has 3 fully saturated rings. The fraction of sp³-hybridized carbons (Fsp3) is 0.444. The van der Waals surface area contributed by atoms with Crippen LogP contribution in [0, 0.1) is 11.8 Å². The van der Waals surface area contributed by atoms with Crippen molar-refractivity contribution >= 4 is 23.4 Å². The molecule has 2 aromatic rings. The predicted molar refractivity (Wildman–Crippen MR) is 127 cm³/mol. The Kier molecular flexibility index (Phi) is 5.11. The molecule has 4 atom stereocenters. The Bertz CT molecular complexity index is 1220. The highest BCUT2D eigenvalue weighted by atomic mass is 16.3. The number of aromatic hydroxyl groups is 2. The lowest BCUT2D eigenvalue weighted by Gasteiger charge is -2.32. The third-order valence-corrected chi connectivity index (χ3v) is 8.34. The second-order valence-electron chi connectivity index (χ2n) is 10.3. The van der Waals surface area contributed by atoms with Gasteiger partial charge in [-0.3, -0.25) is 24.6 Å². The molecule has 35 heavy (non-hydrogen) atoms. The van der Waals surface area contributed by atoms with Crippen LogP contribution in [-0.2, 0) is 26.3 Å². The zero-order valence-corrected chi connectivity index (χ0v) is 19.4. The second-order valence-corrected chi connectivity index (χ2v) is 10.3. The minimum atomic E-state index is -1.32. The fourth-order valence-corrected chi connectivity index (χ4v) is 6.78. The number of nitrogens with zero attached hydrogens (tertiary/aromatic N) is 1. The summed E-state index contributed by atoms with van der Waals surface area (Å²) in [4.78, 5) is 43.0. The van der Waals surface area contributed by atoms with E-state index in [0.29, 0.717) is 23.2 Å². The van der Waals surface area contributed by atoms with E-state index in [2.05, 4.69) is 10.6 Å². The number of imide groups is 1. The molecule has 0 bridgehead atoms. The van der Waals surface area contributed by atoms with Crippen LogP contribution in [0.3, 0.4) is 0 Å². The normalized spacial score (nSPS) is 30.5. The highest BCUT2D eigenvalue weighted by Gasteiger charge is 2.70. The first kappa shape index (κ1) is 22.1.